The van der Waals surface area contributed by atoms with E-state index in [1.165, 1.54) is 11.3 Å². The monoisotopic (exact) mass is 273 g/mol. The zero-order valence-electron chi connectivity index (χ0n) is 11.8. The van der Waals surface area contributed by atoms with Crippen molar-refractivity contribution in [3.05, 3.63) is 41.7 Å². The molecule has 0 bridgehead atoms. The molecule has 0 spiro atoms. The van der Waals surface area contributed by atoms with Gasteiger partial charge < -0.3 is 14.8 Å². The van der Waals surface area contributed by atoms with E-state index in [1.54, 1.807) is 0 Å². The number of nitrogens with one attached hydrogen (secondary N) is 1. The summed E-state index contributed by atoms with van der Waals surface area (Å²) in [5, 5.41) is 7.68. The van der Waals surface area contributed by atoms with Crippen LogP contribution in [0.4, 0.5) is 0 Å². The third-order valence-electron chi connectivity index (χ3n) is 3.52. The lowest BCUT2D eigenvalue weighted by atomic mass is 10.1. The fraction of sp³-hybridized carbons (Fsp3) is 0.400. The number of rotatable bonds is 4. The molecular weight excluding hydrogens is 254 g/mol. The predicted octanol–water partition coefficient (Wildman–Crippen LogP) is 2.04. The van der Waals surface area contributed by atoms with Gasteiger partial charge in [-0.2, -0.15) is 5.10 Å². The van der Waals surface area contributed by atoms with Gasteiger partial charge in [-0.15, -0.1) is 0 Å². The first-order chi connectivity index (χ1) is 9.74. The zero-order chi connectivity index (χ0) is 13.9. The SMILES string of the molecule is CC(NCc1ccc2c(c1)OCCO2)c1ccnn1C. The van der Waals surface area contributed by atoms with E-state index < -0.39 is 0 Å². The predicted molar refractivity (Wildman–Crippen MR) is 75.9 cm³/mol. The van der Waals surface area contributed by atoms with E-state index >= 15 is 0 Å². The number of nitrogens with zero attached hydrogens (tertiary/aromatic N) is 2. The molecule has 1 atom stereocenters. The van der Waals surface area contributed by atoms with E-state index in [4.69, 9.17) is 9.47 Å². The van der Waals surface area contributed by atoms with Gasteiger partial charge in [-0.1, -0.05) is 6.07 Å². The molecule has 5 heteroatoms. The van der Waals surface area contributed by atoms with Crippen LogP contribution in [0.2, 0.25) is 0 Å². The average molecular weight is 273 g/mol. The molecule has 0 aliphatic carbocycles. The fourth-order valence-electron chi connectivity index (χ4n) is 2.38. The molecule has 0 amide bonds. The van der Waals surface area contributed by atoms with Gasteiger partial charge in [0, 0.05) is 25.8 Å². The third-order valence-corrected chi connectivity index (χ3v) is 3.52. The van der Waals surface area contributed by atoms with Crippen molar-refractivity contribution in [2.45, 2.75) is 19.5 Å². The summed E-state index contributed by atoms with van der Waals surface area (Å²) in [5.74, 6) is 1.67. The molecule has 0 fully saturated rings. The molecule has 1 aliphatic heterocycles. The number of aromatic nitrogens is 2. The lowest BCUT2D eigenvalue weighted by Gasteiger charge is -2.19. The highest BCUT2D eigenvalue weighted by Gasteiger charge is 2.13. The molecule has 2 aromatic rings. The van der Waals surface area contributed by atoms with Crippen LogP contribution in [0.5, 0.6) is 11.5 Å². The quantitative estimate of drug-likeness (QED) is 0.926. The van der Waals surface area contributed by atoms with Gasteiger partial charge in [-0.25, -0.2) is 0 Å². The third kappa shape index (κ3) is 2.63. The zero-order valence-corrected chi connectivity index (χ0v) is 11.8. The second-order valence-corrected chi connectivity index (χ2v) is 4.96. The highest BCUT2D eigenvalue weighted by molar-refractivity contribution is 5.43. The fourth-order valence-corrected chi connectivity index (χ4v) is 2.38. The molecule has 0 saturated heterocycles. The van der Waals surface area contributed by atoms with Crippen LogP contribution in [0, 0.1) is 0 Å². The second kappa shape index (κ2) is 5.54. The summed E-state index contributed by atoms with van der Waals surface area (Å²) in [6.07, 6.45) is 1.82. The molecule has 1 aromatic carbocycles. The molecule has 3 rings (SSSR count). The Hall–Kier alpha value is -2.01. The highest BCUT2D eigenvalue weighted by atomic mass is 16.6. The Morgan fingerprint density at radius 1 is 1.25 bits per heavy atom. The van der Waals surface area contributed by atoms with Crippen LogP contribution in [0.1, 0.15) is 24.2 Å². The van der Waals surface area contributed by atoms with Gasteiger partial charge in [0.15, 0.2) is 11.5 Å². The molecular formula is C15H19N3O2. The molecule has 20 heavy (non-hydrogen) atoms. The van der Waals surface area contributed by atoms with Crippen LogP contribution in [-0.4, -0.2) is 23.0 Å². The minimum atomic E-state index is 0.246. The van der Waals surface area contributed by atoms with Crippen molar-refractivity contribution >= 4 is 0 Å². The summed E-state index contributed by atoms with van der Waals surface area (Å²) in [5.41, 5.74) is 2.35. The first-order valence-electron chi connectivity index (χ1n) is 6.84. The van der Waals surface area contributed by atoms with Crippen LogP contribution in [0.25, 0.3) is 0 Å². The molecule has 2 heterocycles. The van der Waals surface area contributed by atoms with Gasteiger partial charge in [-0.05, 0) is 30.7 Å². The Morgan fingerprint density at radius 3 is 2.80 bits per heavy atom. The molecule has 106 valence electrons. The minimum absolute atomic E-state index is 0.246. The Balaban J connectivity index is 1.65. The van der Waals surface area contributed by atoms with Gasteiger partial charge in [0.1, 0.15) is 13.2 Å². The number of hydrogen-bond donors (Lipinski definition) is 1. The normalized spacial score (nSPS) is 15.1. The van der Waals surface area contributed by atoms with Crippen molar-refractivity contribution in [1.82, 2.24) is 15.1 Å². The number of fused-ring (bicyclic) bond motifs is 1. The summed E-state index contributed by atoms with van der Waals surface area (Å²) in [7, 11) is 1.96. The van der Waals surface area contributed by atoms with Crippen LogP contribution >= 0.6 is 0 Å². The maximum absolute atomic E-state index is 5.60. The van der Waals surface area contributed by atoms with Crippen molar-refractivity contribution in [3.63, 3.8) is 0 Å². The Bertz CT molecular complexity index is 595. The molecule has 1 N–H and O–H groups in total. The lowest BCUT2D eigenvalue weighted by Crippen LogP contribution is -2.21. The summed E-state index contributed by atoms with van der Waals surface area (Å²) in [4.78, 5) is 0. The van der Waals surface area contributed by atoms with E-state index in [1.807, 2.05) is 36.1 Å². The summed E-state index contributed by atoms with van der Waals surface area (Å²) >= 11 is 0. The minimum Gasteiger partial charge on any atom is -0.486 e. The topological polar surface area (TPSA) is 48.3 Å². The first-order valence-corrected chi connectivity index (χ1v) is 6.84. The number of benzene rings is 1. The van der Waals surface area contributed by atoms with Crippen molar-refractivity contribution < 1.29 is 9.47 Å². The number of hydrogen-bond acceptors (Lipinski definition) is 4. The van der Waals surface area contributed by atoms with Crippen LogP contribution < -0.4 is 14.8 Å². The molecule has 0 saturated carbocycles. The van der Waals surface area contributed by atoms with Crippen molar-refractivity contribution in [3.8, 4) is 11.5 Å². The van der Waals surface area contributed by atoms with Gasteiger partial charge in [-0.3, -0.25) is 4.68 Å². The molecule has 1 unspecified atom stereocenters. The van der Waals surface area contributed by atoms with E-state index in [0.29, 0.717) is 13.2 Å². The Kier molecular flexibility index (Phi) is 3.60. The first kappa shape index (κ1) is 13.0. The lowest BCUT2D eigenvalue weighted by molar-refractivity contribution is 0.171. The maximum Gasteiger partial charge on any atom is 0.161 e. The van der Waals surface area contributed by atoms with Gasteiger partial charge >= 0.3 is 0 Å². The molecule has 5 nitrogen and oxygen atoms in total. The Labute approximate surface area is 118 Å². The number of ether oxygens (including phenoxy) is 2. The van der Waals surface area contributed by atoms with E-state index in [9.17, 15) is 0 Å². The van der Waals surface area contributed by atoms with Crippen molar-refractivity contribution in [2.75, 3.05) is 13.2 Å². The van der Waals surface area contributed by atoms with E-state index in [2.05, 4.69) is 23.4 Å². The summed E-state index contributed by atoms with van der Waals surface area (Å²) in [6, 6.07) is 8.35. The molecule has 0 radical (unpaired) electrons. The van der Waals surface area contributed by atoms with Crippen LogP contribution in [-0.2, 0) is 13.6 Å². The van der Waals surface area contributed by atoms with Gasteiger partial charge in [0.05, 0.1) is 5.69 Å². The Morgan fingerprint density at radius 2 is 2.05 bits per heavy atom. The highest BCUT2D eigenvalue weighted by Crippen LogP contribution is 2.30. The molecule has 1 aliphatic rings. The largest absolute Gasteiger partial charge is 0.486 e. The van der Waals surface area contributed by atoms with Crippen molar-refractivity contribution in [1.29, 1.82) is 0 Å². The standard InChI is InChI=1S/C15H19N3O2/c1-11(13-5-6-17-18(13)2)16-10-12-3-4-14-15(9-12)20-8-7-19-14/h3-6,9,11,16H,7-8,10H2,1-2H3. The van der Waals surface area contributed by atoms with Gasteiger partial charge in [0.25, 0.3) is 0 Å². The summed E-state index contributed by atoms with van der Waals surface area (Å²) in [6.45, 7) is 4.16. The maximum atomic E-state index is 5.60. The second-order valence-electron chi connectivity index (χ2n) is 4.96. The summed E-state index contributed by atoms with van der Waals surface area (Å²) < 4.78 is 13.0. The average Bonchev–Trinajstić information content (AvgIpc) is 2.91. The smallest absolute Gasteiger partial charge is 0.161 e. The molecule has 1 aromatic heterocycles. The van der Waals surface area contributed by atoms with E-state index in [-0.39, 0.29) is 6.04 Å². The van der Waals surface area contributed by atoms with Gasteiger partial charge in [0.2, 0.25) is 0 Å². The van der Waals surface area contributed by atoms with E-state index in [0.717, 1.165) is 18.0 Å². The van der Waals surface area contributed by atoms with Crippen LogP contribution in [0.15, 0.2) is 30.5 Å². The van der Waals surface area contributed by atoms with Crippen LogP contribution in [0.3, 0.4) is 0 Å². The number of aryl methyl sites for hydroxylation is 1. The van der Waals surface area contributed by atoms with Crippen molar-refractivity contribution in [2.24, 2.45) is 7.05 Å².